The molecule has 180 valence electrons. The Morgan fingerprint density at radius 3 is 2.40 bits per heavy atom. The smallest absolute Gasteiger partial charge is 0.350 e. The number of hydrogen-bond donors (Lipinski definition) is 1. The molecule has 1 atom stereocenters. The molecule has 1 fully saturated rings. The molecule has 1 aromatic heterocycles. The Kier molecular flexibility index (Phi) is 6.64. The highest BCUT2D eigenvalue weighted by molar-refractivity contribution is 7.17. The molecule has 4 rings (SSSR count). The number of carbonyl (C=O) groups excluding carboxylic acids is 3. The third-order valence-corrected chi connectivity index (χ3v) is 7.07. The summed E-state index contributed by atoms with van der Waals surface area (Å²) >= 11 is 7.00. The van der Waals surface area contributed by atoms with Crippen LogP contribution >= 0.6 is 22.9 Å². The van der Waals surface area contributed by atoms with Gasteiger partial charge >= 0.3 is 11.9 Å². The Bertz CT molecular complexity index is 1380. The third kappa shape index (κ3) is 4.28. The van der Waals surface area contributed by atoms with Crippen LogP contribution in [0.15, 0.2) is 48.0 Å². The van der Waals surface area contributed by atoms with Crippen molar-refractivity contribution in [2.45, 2.75) is 19.9 Å². The Balaban J connectivity index is 1.94. The maximum atomic E-state index is 13.3. The van der Waals surface area contributed by atoms with Gasteiger partial charge in [0, 0.05) is 10.6 Å². The standard InChI is InChI=1S/C25H21ClN2O6S/c1-12-11-16(33-3)9-10-17(12)20(29)18-19(14-5-7-15(26)8-6-14)28(23(31)21(18)30)25-27-13(2)22(35-25)24(32)34-4/h5-11,19,29H,1-4H3/t19-/m1/s1. The van der Waals surface area contributed by atoms with Crippen LogP contribution in [0, 0.1) is 13.8 Å². The number of halogens is 1. The van der Waals surface area contributed by atoms with Crippen LogP contribution in [0.1, 0.15) is 38.1 Å². The molecule has 10 heteroatoms. The van der Waals surface area contributed by atoms with E-state index in [0.717, 1.165) is 11.3 Å². The van der Waals surface area contributed by atoms with E-state index in [4.69, 9.17) is 21.1 Å². The van der Waals surface area contributed by atoms with E-state index in [2.05, 4.69) is 4.98 Å². The van der Waals surface area contributed by atoms with Crippen LogP contribution in [0.5, 0.6) is 5.75 Å². The first-order valence-electron chi connectivity index (χ1n) is 10.4. The number of ether oxygens (including phenoxy) is 2. The van der Waals surface area contributed by atoms with Gasteiger partial charge in [-0.2, -0.15) is 0 Å². The molecule has 0 unspecified atom stereocenters. The lowest BCUT2D eigenvalue weighted by Crippen LogP contribution is -2.29. The second-order valence-corrected chi connectivity index (χ2v) is 9.22. The van der Waals surface area contributed by atoms with Crippen molar-refractivity contribution in [1.82, 2.24) is 4.98 Å². The molecule has 1 aliphatic rings. The number of aromatic nitrogens is 1. The maximum absolute atomic E-state index is 13.3. The highest BCUT2D eigenvalue weighted by Crippen LogP contribution is 2.44. The van der Waals surface area contributed by atoms with Crippen LogP contribution < -0.4 is 9.64 Å². The number of nitrogens with zero attached hydrogens (tertiary/aromatic N) is 2. The molecule has 0 bridgehead atoms. The Morgan fingerprint density at radius 2 is 1.80 bits per heavy atom. The largest absolute Gasteiger partial charge is 0.507 e. The zero-order valence-corrected chi connectivity index (χ0v) is 20.9. The number of benzene rings is 2. The summed E-state index contributed by atoms with van der Waals surface area (Å²) in [4.78, 5) is 44.5. The minimum atomic E-state index is -0.996. The molecule has 1 N–H and O–H groups in total. The fourth-order valence-corrected chi connectivity index (χ4v) is 5.07. The summed E-state index contributed by atoms with van der Waals surface area (Å²) in [7, 11) is 2.78. The number of hydrogen-bond acceptors (Lipinski definition) is 8. The average Bonchev–Trinajstić information content (AvgIpc) is 3.35. The normalized spacial score (nSPS) is 17.1. The molecule has 1 saturated heterocycles. The minimum absolute atomic E-state index is 0.0990. The number of rotatable bonds is 5. The second-order valence-electron chi connectivity index (χ2n) is 7.80. The number of ketones is 1. The molecule has 0 saturated carbocycles. The van der Waals surface area contributed by atoms with E-state index in [1.165, 1.54) is 19.1 Å². The summed E-state index contributed by atoms with van der Waals surface area (Å²) in [5.41, 5.74) is 1.83. The van der Waals surface area contributed by atoms with Crippen molar-refractivity contribution in [3.63, 3.8) is 0 Å². The van der Waals surface area contributed by atoms with Gasteiger partial charge in [-0.15, -0.1) is 0 Å². The van der Waals surface area contributed by atoms with Crippen molar-refractivity contribution in [3.8, 4) is 5.75 Å². The van der Waals surface area contributed by atoms with E-state index >= 15 is 0 Å². The second kappa shape index (κ2) is 9.52. The van der Waals surface area contributed by atoms with Crippen molar-refractivity contribution < 1.29 is 29.0 Å². The summed E-state index contributed by atoms with van der Waals surface area (Å²) in [5, 5.41) is 11.9. The van der Waals surface area contributed by atoms with Crippen LogP contribution in [-0.4, -0.2) is 42.0 Å². The van der Waals surface area contributed by atoms with Crippen LogP contribution in [-0.2, 0) is 14.3 Å². The topological polar surface area (TPSA) is 106 Å². The van der Waals surface area contributed by atoms with E-state index in [1.54, 1.807) is 56.3 Å². The van der Waals surface area contributed by atoms with Crippen molar-refractivity contribution >= 4 is 51.5 Å². The van der Waals surface area contributed by atoms with Gasteiger partial charge in [-0.25, -0.2) is 9.78 Å². The molecule has 2 aromatic carbocycles. The van der Waals surface area contributed by atoms with Crippen molar-refractivity contribution in [2.75, 3.05) is 19.1 Å². The van der Waals surface area contributed by atoms with Gasteiger partial charge in [0.15, 0.2) is 5.13 Å². The molecule has 8 nitrogen and oxygen atoms in total. The number of methoxy groups -OCH3 is 2. The quantitative estimate of drug-likeness (QED) is 0.226. The van der Waals surface area contributed by atoms with Gasteiger partial charge in [0.2, 0.25) is 0 Å². The zero-order valence-electron chi connectivity index (χ0n) is 19.3. The van der Waals surface area contributed by atoms with Gasteiger partial charge in [0.1, 0.15) is 16.4 Å². The summed E-state index contributed by atoms with van der Waals surface area (Å²) in [6.07, 6.45) is 0. The first-order valence-corrected chi connectivity index (χ1v) is 11.6. The molecular weight excluding hydrogens is 492 g/mol. The highest BCUT2D eigenvalue weighted by Gasteiger charge is 2.48. The molecule has 2 heterocycles. The van der Waals surface area contributed by atoms with E-state index < -0.39 is 23.7 Å². The molecule has 1 aliphatic heterocycles. The number of carbonyl (C=O) groups is 3. The van der Waals surface area contributed by atoms with Gasteiger partial charge in [0.25, 0.3) is 5.78 Å². The Morgan fingerprint density at radius 1 is 1.11 bits per heavy atom. The zero-order chi connectivity index (χ0) is 25.4. The van der Waals surface area contributed by atoms with Crippen LogP contribution in [0.3, 0.4) is 0 Å². The van der Waals surface area contributed by atoms with Crippen LogP contribution in [0.25, 0.3) is 5.76 Å². The van der Waals surface area contributed by atoms with Crippen LogP contribution in [0.4, 0.5) is 5.13 Å². The number of thiazole rings is 1. The fourth-order valence-electron chi connectivity index (χ4n) is 3.93. The summed E-state index contributed by atoms with van der Waals surface area (Å²) in [6, 6.07) is 10.6. The third-order valence-electron chi connectivity index (χ3n) is 5.68. The van der Waals surface area contributed by atoms with Crippen molar-refractivity contribution in [2.24, 2.45) is 0 Å². The first-order chi connectivity index (χ1) is 16.7. The number of aliphatic hydroxyl groups excluding tert-OH is 1. The van der Waals surface area contributed by atoms with Crippen molar-refractivity contribution in [3.05, 3.63) is 80.3 Å². The fraction of sp³-hybridized carbons (Fsp3) is 0.200. The highest BCUT2D eigenvalue weighted by atomic mass is 35.5. The average molecular weight is 513 g/mol. The first kappa shape index (κ1) is 24.4. The molecular formula is C25H21ClN2O6S. The number of anilines is 1. The molecule has 3 aromatic rings. The lowest BCUT2D eigenvalue weighted by Gasteiger charge is -2.23. The monoisotopic (exact) mass is 512 g/mol. The Hall–Kier alpha value is -3.69. The summed E-state index contributed by atoms with van der Waals surface area (Å²) in [6.45, 7) is 3.37. The Labute approximate surface area is 210 Å². The molecule has 1 amide bonds. The lowest BCUT2D eigenvalue weighted by atomic mass is 9.94. The van der Waals surface area contributed by atoms with E-state index in [1.807, 2.05) is 0 Å². The minimum Gasteiger partial charge on any atom is -0.507 e. The van der Waals surface area contributed by atoms with Gasteiger partial charge in [-0.1, -0.05) is 35.1 Å². The van der Waals surface area contributed by atoms with E-state index in [9.17, 15) is 19.5 Å². The van der Waals surface area contributed by atoms with E-state index in [-0.39, 0.29) is 21.3 Å². The molecule has 0 spiro atoms. The number of aryl methyl sites for hydroxylation is 2. The number of esters is 1. The van der Waals surface area contributed by atoms with Gasteiger partial charge < -0.3 is 14.6 Å². The number of aliphatic hydroxyl groups is 1. The summed E-state index contributed by atoms with van der Waals surface area (Å²) < 4.78 is 10.0. The predicted molar refractivity (Wildman–Crippen MR) is 132 cm³/mol. The van der Waals surface area contributed by atoms with E-state index in [0.29, 0.717) is 33.2 Å². The SMILES string of the molecule is COC(=O)c1sc(N2C(=O)C(=O)C(=C(O)c3ccc(OC)cc3C)[C@H]2c2ccc(Cl)cc2)nc1C. The summed E-state index contributed by atoms with van der Waals surface area (Å²) in [5.74, 6) is -2.08. The molecule has 35 heavy (non-hydrogen) atoms. The van der Waals surface area contributed by atoms with Gasteiger partial charge in [0.05, 0.1) is 31.5 Å². The molecule has 0 radical (unpaired) electrons. The van der Waals surface area contributed by atoms with Crippen LogP contribution in [0.2, 0.25) is 5.02 Å². The lowest BCUT2D eigenvalue weighted by molar-refractivity contribution is -0.132. The predicted octanol–water partition coefficient (Wildman–Crippen LogP) is 4.83. The van der Waals surface area contributed by atoms with Crippen molar-refractivity contribution in [1.29, 1.82) is 0 Å². The maximum Gasteiger partial charge on any atom is 0.350 e. The van der Waals surface area contributed by atoms with Gasteiger partial charge in [-0.05, 0) is 55.3 Å². The molecule has 0 aliphatic carbocycles. The number of Topliss-reactive ketones (excluding diaryl/α,β-unsaturated/α-hetero) is 1. The number of amides is 1. The van der Waals surface area contributed by atoms with Gasteiger partial charge in [-0.3, -0.25) is 14.5 Å².